The number of nitrogens with zero attached hydrogens (tertiary/aromatic N) is 4. The van der Waals surface area contributed by atoms with Crippen LogP contribution < -0.4 is 5.32 Å². The van der Waals surface area contributed by atoms with E-state index in [2.05, 4.69) is 20.4 Å². The van der Waals surface area contributed by atoms with Gasteiger partial charge in [-0.3, -0.25) is 9.78 Å². The molecule has 1 aliphatic heterocycles. The van der Waals surface area contributed by atoms with Crippen molar-refractivity contribution in [3.05, 3.63) is 59.3 Å². The number of fused-ring (bicyclic) bond motifs is 1. The molecule has 0 spiro atoms. The van der Waals surface area contributed by atoms with Crippen molar-refractivity contribution in [1.29, 1.82) is 0 Å². The molecule has 8 nitrogen and oxygen atoms in total. The van der Waals surface area contributed by atoms with E-state index in [1.165, 1.54) is 17.6 Å². The van der Waals surface area contributed by atoms with Crippen LogP contribution in [-0.2, 0) is 16.5 Å². The highest BCUT2D eigenvalue weighted by Gasteiger charge is 2.56. The average Bonchev–Trinajstić information content (AvgIpc) is 3.43. The molecule has 1 saturated carbocycles. The maximum absolute atomic E-state index is 13.2. The smallest absolute Gasteiger partial charge is 0.385 e. The normalized spacial score (nSPS) is 25.9. The van der Waals surface area contributed by atoms with Crippen molar-refractivity contribution in [3.63, 3.8) is 0 Å². The number of alkyl halides is 3. The Kier molecular flexibility index (Phi) is 4.54. The van der Waals surface area contributed by atoms with Crippen LogP contribution in [-0.4, -0.2) is 49.4 Å². The zero-order chi connectivity index (χ0) is 22.7. The van der Waals surface area contributed by atoms with Gasteiger partial charge in [0, 0.05) is 18.6 Å². The predicted molar refractivity (Wildman–Crippen MR) is 105 cm³/mol. The summed E-state index contributed by atoms with van der Waals surface area (Å²) in [5.74, 6) is -0.132. The molecule has 2 aliphatic rings. The lowest BCUT2D eigenvalue weighted by Gasteiger charge is -2.38. The van der Waals surface area contributed by atoms with Crippen LogP contribution in [0, 0.1) is 0 Å². The van der Waals surface area contributed by atoms with Crippen LogP contribution in [0.25, 0.3) is 5.65 Å². The van der Waals surface area contributed by atoms with E-state index in [1.54, 1.807) is 6.20 Å². The number of rotatable bonds is 4. The van der Waals surface area contributed by atoms with E-state index in [4.69, 9.17) is 4.74 Å². The van der Waals surface area contributed by atoms with Crippen molar-refractivity contribution in [2.75, 3.05) is 13.2 Å². The Labute approximate surface area is 180 Å². The topological polar surface area (TPSA) is 102 Å². The lowest BCUT2D eigenvalue weighted by molar-refractivity contribution is -0.137. The largest absolute Gasteiger partial charge is 0.417 e. The molecule has 11 heteroatoms. The predicted octanol–water partition coefficient (Wildman–Crippen LogP) is 2.43. The Morgan fingerprint density at radius 3 is 2.59 bits per heavy atom. The van der Waals surface area contributed by atoms with Crippen LogP contribution in [0.1, 0.15) is 52.9 Å². The van der Waals surface area contributed by atoms with Gasteiger partial charge in [0.1, 0.15) is 16.7 Å². The number of amides is 1. The summed E-state index contributed by atoms with van der Waals surface area (Å²) in [6.45, 7) is 1.15. The number of ether oxygens (including phenoxy) is 1. The molecule has 0 radical (unpaired) electrons. The molecule has 2 unspecified atom stereocenters. The maximum Gasteiger partial charge on any atom is 0.417 e. The Hall–Kier alpha value is -3.05. The average molecular weight is 447 g/mol. The minimum atomic E-state index is -4.56. The lowest BCUT2D eigenvalue weighted by Crippen LogP contribution is -2.60. The molecular formula is C21H20F3N5O3. The van der Waals surface area contributed by atoms with Crippen molar-refractivity contribution in [2.24, 2.45) is 0 Å². The van der Waals surface area contributed by atoms with E-state index in [9.17, 15) is 23.1 Å². The van der Waals surface area contributed by atoms with Gasteiger partial charge in [0.2, 0.25) is 0 Å². The zero-order valence-electron chi connectivity index (χ0n) is 17.1. The summed E-state index contributed by atoms with van der Waals surface area (Å²) in [4.78, 5) is 21.5. The second-order valence-corrected chi connectivity index (χ2v) is 8.54. The Bertz CT molecular complexity index is 1190. The molecule has 5 rings (SSSR count). The second kappa shape index (κ2) is 6.97. The molecule has 1 aliphatic carbocycles. The summed E-state index contributed by atoms with van der Waals surface area (Å²) in [6.07, 6.45) is 3.23. The van der Waals surface area contributed by atoms with E-state index < -0.39 is 28.8 Å². The number of nitrogens with one attached hydrogen (secondary N) is 1. The van der Waals surface area contributed by atoms with Crippen molar-refractivity contribution < 1.29 is 27.8 Å². The fraction of sp³-hybridized carbons (Fsp3) is 0.429. The van der Waals surface area contributed by atoms with Crippen LogP contribution in [0.3, 0.4) is 0 Å². The fourth-order valence-electron chi connectivity index (χ4n) is 4.02. The minimum absolute atomic E-state index is 0.0572. The van der Waals surface area contributed by atoms with E-state index in [0.717, 1.165) is 30.5 Å². The van der Waals surface area contributed by atoms with Gasteiger partial charge in [-0.15, -0.1) is 0 Å². The first-order valence-electron chi connectivity index (χ1n) is 10.1. The molecule has 2 fully saturated rings. The first-order valence-corrected chi connectivity index (χ1v) is 10.1. The van der Waals surface area contributed by atoms with Gasteiger partial charge in [-0.25, -0.2) is 9.50 Å². The molecule has 2 atom stereocenters. The number of aliphatic hydroxyl groups is 1. The van der Waals surface area contributed by atoms with Crippen molar-refractivity contribution >= 4 is 11.6 Å². The molecule has 3 aromatic heterocycles. The van der Waals surface area contributed by atoms with Crippen LogP contribution >= 0.6 is 0 Å². The third kappa shape index (κ3) is 3.32. The van der Waals surface area contributed by atoms with Crippen LogP contribution in [0.2, 0.25) is 0 Å². The number of aromatic nitrogens is 4. The minimum Gasteiger partial charge on any atom is -0.385 e. The zero-order valence-corrected chi connectivity index (χ0v) is 17.1. The molecule has 4 heterocycles. The van der Waals surface area contributed by atoms with Crippen molar-refractivity contribution in [2.45, 2.75) is 43.0 Å². The molecule has 32 heavy (non-hydrogen) atoms. The third-order valence-electron chi connectivity index (χ3n) is 6.15. The molecule has 0 aromatic carbocycles. The highest BCUT2D eigenvalue weighted by molar-refractivity contribution is 6.00. The number of carbonyl (C=O) groups is 1. The Morgan fingerprint density at radius 1 is 1.22 bits per heavy atom. The first-order chi connectivity index (χ1) is 15.1. The van der Waals surface area contributed by atoms with Crippen molar-refractivity contribution in [1.82, 2.24) is 24.9 Å². The summed E-state index contributed by atoms with van der Waals surface area (Å²) < 4.78 is 45.9. The van der Waals surface area contributed by atoms with E-state index in [-0.39, 0.29) is 24.5 Å². The monoisotopic (exact) mass is 447 g/mol. The Balaban J connectivity index is 1.50. The highest BCUT2D eigenvalue weighted by Crippen LogP contribution is 2.40. The lowest BCUT2D eigenvalue weighted by atomic mass is 9.80. The summed E-state index contributed by atoms with van der Waals surface area (Å²) >= 11 is 0. The third-order valence-corrected chi connectivity index (χ3v) is 6.15. The van der Waals surface area contributed by atoms with Gasteiger partial charge >= 0.3 is 6.18 Å². The number of hydrogen-bond donors (Lipinski definition) is 2. The number of hydrogen-bond acceptors (Lipinski definition) is 6. The first kappa shape index (κ1) is 20.8. The molecular weight excluding hydrogens is 427 g/mol. The van der Waals surface area contributed by atoms with Gasteiger partial charge in [0.15, 0.2) is 5.65 Å². The quantitative estimate of drug-likeness (QED) is 0.637. The molecule has 3 aromatic rings. The molecule has 1 amide bonds. The summed E-state index contributed by atoms with van der Waals surface area (Å²) in [5.41, 5.74) is -2.50. The Morgan fingerprint density at radius 2 is 2.00 bits per heavy atom. The standard InChI is InChI=1S/C21H20F3N5O3/c1-19(31)10-32-11-20(19,16-5-4-14(7-25-16)21(22,23)24)28-18(30)15-8-27-29-9-13(12-2-3-12)6-26-17(15)29/h4-9,12,31H,2-3,10-11H2,1H3,(H,28,30). The van der Waals surface area contributed by atoms with Crippen molar-refractivity contribution in [3.8, 4) is 0 Å². The molecule has 2 N–H and O–H groups in total. The fourth-order valence-corrected chi connectivity index (χ4v) is 4.02. The van der Waals surface area contributed by atoms with Gasteiger partial charge in [-0.05, 0) is 43.4 Å². The summed E-state index contributed by atoms with van der Waals surface area (Å²) in [5, 5.41) is 18.0. The van der Waals surface area contributed by atoms with Gasteiger partial charge in [-0.2, -0.15) is 18.3 Å². The molecule has 168 valence electrons. The van der Waals surface area contributed by atoms with E-state index >= 15 is 0 Å². The molecule has 1 saturated heterocycles. The van der Waals surface area contributed by atoms with Crippen LogP contribution in [0.5, 0.6) is 0 Å². The van der Waals surface area contributed by atoms with Gasteiger partial charge in [-0.1, -0.05) is 0 Å². The summed E-state index contributed by atoms with van der Waals surface area (Å²) in [6, 6.07) is 2.00. The maximum atomic E-state index is 13.2. The molecule has 0 bridgehead atoms. The summed E-state index contributed by atoms with van der Waals surface area (Å²) in [7, 11) is 0. The number of carbonyl (C=O) groups excluding carboxylic acids is 1. The van der Waals surface area contributed by atoms with Gasteiger partial charge in [0.25, 0.3) is 5.91 Å². The SMILES string of the molecule is CC1(O)COCC1(NC(=O)c1cnn2cc(C3CC3)cnc12)c1ccc(C(F)(F)F)cn1. The van der Waals surface area contributed by atoms with Crippen LogP contribution in [0.4, 0.5) is 13.2 Å². The highest BCUT2D eigenvalue weighted by atomic mass is 19.4. The number of halogens is 3. The van der Waals surface area contributed by atoms with E-state index in [1.807, 2.05) is 6.20 Å². The van der Waals surface area contributed by atoms with Crippen LogP contribution in [0.15, 0.2) is 36.9 Å². The number of pyridine rings is 1. The van der Waals surface area contributed by atoms with Gasteiger partial charge < -0.3 is 15.2 Å². The second-order valence-electron chi connectivity index (χ2n) is 8.54. The van der Waals surface area contributed by atoms with E-state index in [0.29, 0.717) is 17.8 Å². The van der Waals surface area contributed by atoms with Gasteiger partial charge in [0.05, 0.1) is 30.7 Å².